The summed E-state index contributed by atoms with van der Waals surface area (Å²) in [6.07, 6.45) is 10.1. The second-order valence-electron chi connectivity index (χ2n) is 7.37. The molecule has 0 N–H and O–H groups in total. The molecule has 6 heteroatoms. The van der Waals surface area contributed by atoms with Gasteiger partial charge < -0.3 is 9.47 Å². The number of ether oxygens (including phenoxy) is 2. The molecule has 2 saturated carbocycles. The molecule has 2 aliphatic carbocycles. The van der Waals surface area contributed by atoms with Crippen LogP contribution in [0.2, 0.25) is 0 Å². The molecule has 4 fully saturated rings. The van der Waals surface area contributed by atoms with E-state index in [4.69, 9.17) is 29.0 Å². The van der Waals surface area contributed by atoms with E-state index in [1.54, 1.807) is 0 Å². The molecule has 0 aromatic rings. The van der Waals surface area contributed by atoms with Gasteiger partial charge in [-0.05, 0) is 39.5 Å². The highest BCUT2D eigenvalue weighted by Gasteiger charge is 2.67. The smallest absolute Gasteiger partial charge is 0.258 e. The van der Waals surface area contributed by atoms with Gasteiger partial charge in [0.2, 0.25) is 11.6 Å². The van der Waals surface area contributed by atoms with Crippen LogP contribution in [-0.4, -0.2) is 23.1 Å². The fourth-order valence-corrected chi connectivity index (χ4v) is 3.98. The van der Waals surface area contributed by atoms with Gasteiger partial charge in [-0.25, -0.2) is 0 Å². The first kappa shape index (κ1) is 15.3. The van der Waals surface area contributed by atoms with Gasteiger partial charge in [-0.1, -0.05) is 12.8 Å². The molecule has 2 aliphatic heterocycles. The van der Waals surface area contributed by atoms with Gasteiger partial charge in [-0.15, -0.1) is 0 Å². The molecule has 4 rings (SSSR count). The number of hydrogen-bond donors (Lipinski definition) is 0. The molecule has 2 heterocycles. The molecule has 126 valence electrons. The topological polar surface area (TPSA) is 55.4 Å². The van der Waals surface area contributed by atoms with Crippen molar-refractivity contribution in [2.75, 3.05) is 0 Å². The molecule has 0 aromatic heterocycles. The van der Waals surface area contributed by atoms with Crippen molar-refractivity contribution in [3.63, 3.8) is 0 Å². The molecule has 2 saturated heterocycles. The van der Waals surface area contributed by atoms with Crippen molar-refractivity contribution in [1.82, 2.24) is 0 Å². The molecule has 2 spiro atoms. The van der Waals surface area contributed by atoms with Crippen LogP contribution < -0.4 is 0 Å². The van der Waals surface area contributed by atoms with E-state index >= 15 is 0 Å². The van der Waals surface area contributed by atoms with E-state index in [2.05, 4.69) is 0 Å². The van der Waals surface area contributed by atoms with Gasteiger partial charge in [0.15, 0.2) is 0 Å². The standard InChI is InChI=1S/C16H26O6/c1-13(17-15(21-19-13)9-5-3-6-10-15)14(2)18-16(22-20-14)11-7-4-8-12-16/h3-12H2,1-2H3/t13-,14-/m1/s1. The molecule has 0 amide bonds. The third kappa shape index (κ3) is 2.32. The molecular formula is C16H26O6. The van der Waals surface area contributed by atoms with E-state index in [9.17, 15) is 0 Å². The van der Waals surface area contributed by atoms with Crippen molar-refractivity contribution in [3.8, 4) is 0 Å². The van der Waals surface area contributed by atoms with E-state index < -0.39 is 23.1 Å². The van der Waals surface area contributed by atoms with E-state index in [0.717, 1.165) is 51.4 Å². The number of hydrogen-bond acceptors (Lipinski definition) is 6. The van der Waals surface area contributed by atoms with Crippen LogP contribution in [0.1, 0.15) is 78.1 Å². The first-order valence-corrected chi connectivity index (χ1v) is 8.63. The van der Waals surface area contributed by atoms with Crippen LogP contribution in [0.3, 0.4) is 0 Å². The maximum atomic E-state index is 6.22. The van der Waals surface area contributed by atoms with Crippen molar-refractivity contribution in [3.05, 3.63) is 0 Å². The quantitative estimate of drug-likeness (QED) is 0.688. The van der Waals surface area contributed by atoms with Gasteiger partial charge in [0, 0.05) is 25.7 Å². The maximum absolute atomic E-state index is 6.22. The Hall–Kier alpha value is -0.240. The molecule has 0 unspecified atom stereocenters. The van der Waals surface area contributed by atoms with E-state index in [1.807, 2.05) is 13.8 Å². The Kier molecular flexibility index (Phi) is 3.57. The average molecular weight is 314 g/mol. The lowest BCUT2D eigenvalue weighted by Crippen LogP contribution is -2.54. The second kappa shape index (κ2) is 5.13. The van der Waals surface area contributed by atoms with Crippen molar-refractivity contribution >= 4 is 0 Å². The Morgan fingerprint density at radius 2 is 0.864 bits per heavy atom. The predicted octanol–water partition coefficient (Wildman–Crippen LogP) is 3.70. The Morgan fingerprint density at radius 3 is 1.23 bits per heavy atom. The molecule has 22 heavy (non-hydrogen) atoms. The van der Waals surface area contributed by atoms with Gasteiger partial charge >= 0.3 is 0 Å². The summed E-state index contributed by atoms with van der Waals surface area (Å²) in [7, 11) is 0. The van der Waals surface area contributed by atoms with Crippen LogP contribution in [0.4, 0.5) is 0 Å². The molecule has 0 aromatic carbocycles. The van der Waals surface area contributed by atoms with Crippen LogP contribution >= 0.6 is 0 Å². The summed E-state index contributed by atoms with van der Waals surface area (Å²) in [6.45, 7) is 3.61. The summed E-state index contributed by atoms with van der Waals surface area (Å²) in [4.78, 5) is 22.4. The van der Waals surface area contributed by atoms with E-state index in [0.29, 0.717) is 0 Å². The van der Waals surface area contributed by atoms with Crippen molar-refractivity contribution in [2.24, 2.45) is 0 Å². The third-order valence-corrected chi connectivity index (χ3v) is 5.52. The monoisotopic (exact) mass is 314 g/mol. The van der Waals surface area contributed by atoms with Gasteiger partial charge in [0.05, 0.1) is 0 Å². The number of rotatable bonds is 1. The Balaban J connectivity index is 1.51. The highest BCUT2D eigenvalue weighted by molar-refractivity contribution is 4.92. The second-order valence-corrected chi connectivity index (χ2v) is 7.37. The first-order chi connectivity index (χ1) is 10.5. The molecule has 2 atom stereocenters. The van der Waals surface area contributed by atoms with Crippen molar-refractivity contribution in [2.45, 2.75) is 101 Å². The Labute approximate surface area is 131 Å². The highest BCUT2D eigenvalue weighted by atomic mass is 17.3. The fourth-order valence-electron chi connectivity index (χ4n) is 3.98. The summed E-state index contributed by atoms with van der Waals surface area (Å²) in [5.74, 6) is -3.59. The fraction of sp³-hybridized carbons (Fsp3) is 1.00. The lowest BCUT2D eigenvalue weighted by atomic mass is 9.93. The zero-order chi connectivity index (χ0) is 15.3. The minimum atomic E-state index is -1.13. The third-order valence-electron chi connectivity index (χ3n) is 5.52. The minimum Gasteiger partial charge on any atom is -0.308 e. The van der Waals surface area contributed by atoms with Gasteiger partial charge in [-0.3, -0.25) is 0 Å². The van der Waals surface area contributed by atoms with Crippen LogP contribution in [-0.2, 0) is 29.0 Å². The van der Waals surface area contributed by atoms with Crippen molar-refractivity contribution in [1.29, 1.82) is 0 Å². The van der Waals surface area contributed by atoms with Crippen LogP contribution in [0.5, 0.6) is 0 Å². The lowest BCUT2D eigenvalue weighted by molar-refractivity contribution is -0.437. The Morgan fingerprint density at radius 1 is 0.500 bits per heavy atom. The van der Waals surface area contributed by atoms with Gasteiger partial charge in [0.25, 0.3) is 11.6 Å². The van der Waals surface area contributed by atoms with Gasteiger partial charge in [-0.2, -0.15) is 19.6 Å². The maximum Gasteiger partial charge on any atom is 0.258 e. The van der Waals surface area contributed by atoms with Crippen LogP contribution in [0.15, 0.2) is 0 Å². The molecular weight excluding hydrogens is 288 g/mol. The molecule has 0 bridgehead atoms. The molecule has 6 nitrogen and oxygen atoms in total. The normalized spacial score (nSPS) is 43.9. The van der Waals surface area contributed by atoms with E-state index in [-0.39, 0.29) is 0 Å². The summed E-state index contributed by atoms with van der Waals surface area (Å²) < 4.78 is 12.4. The predicted molar refractivity (Wildman–Crippen MR) is 75.0 cm³/mol. The SMILES string of the molecule is C[C@]1([C@@]2(C)OOC3(CCCCC3)O2)OOC2(CCCCC2)O1. The summed E-state index contributed by atoms with van der Waals surface area (Å²) in [5, 5.41) is 0. The molecule has 4 aliphatic rings. The summed E-state index contributed by atoms with van der Waals surface area (Å²) in [5.41, 5.74) is 0. The Bertz CT molecular complexity index is 388. The van der Waals surface area contributed by atoms with Crippen LogP contribution in [0.25, 0.3) is 0 Å². The lowest BCUT2D eigenvalue weighted by Gasteiger charge is -2.37. The highest BCUT2D eigenvalue weighted by Crippen LogP contribution is 2.53. The zero-order valence-electron chi connectivity index (χ0n) is 13.5. The molecule has 0 radical (unpaired) electrons. The summed E-state index contributed by atoms with van der Waals surface area (Å²) in [6, 6.07) is 0. The zero-order valence-corrected chi connectivity index (χ0v) is 13.5. The van der Waals surface area contributed by atoms with Gasteiger partial charge in [0.1, 0.15) is 0 Å². The van der Waals surface area contributed by atoms with E-state index in [1.165, 1.54) is 12.8 Å². The van der Waals surface area contributed by atoms with Crippen LogP contribution in [0, 0.1) is 0 Å². The largest absolute Gasteiger partial charge is 0.308 e. The first-order valence-electron chi connectivity index (χ1n) is 8.63. The minimum absolute atomic E-state index is 0.662. The average Bonchev–Trinajstić information content (AvgIpc) is 3.02. The summed E-state index contributed by atoms with van der Waals surface area (Å²) >= 11 is 0. The van der Waals surface area contributed by atoms with Crippen molar-refractivity contribution < 1.29 is 29.0 Å².